The predicted octanol–water partition coefficient (Wildman–Crippen LogP) is 2.46. The number of carbonyl (C=O) groups is 1. The Morgan fingerprint density at radius 3 is 3.00 bits per heavy atom. The summed E-state index contributed by atoms with van der Waals surface area (Å²) < 4.78 is 1.92. The first-order valence-electron chi connectivity index (χ1n) is 5.79. The maximum atomic E-state index is 11.2. The fraction of sp³-hybridized carbons (Fsp3) is 0.143. The SMILES string of the molecule is O=C(O)C1CC=Cc2c1ccn2-c1ccccn1. The fourth-order valence-electron chi connectivity index (χ4n) is 2.30. The Balaban J connectivity index is 2.12. The number of nitrogens with zero attached hydrogens (tertiary/aromatic N) is 2. The molecule has 2 aromatic heterocycles. The highest BCUT2D eigenvalue weighted by molar-refractivity contribution is 5.80. The van der Waals surface area contributed by atoms with Gasteiger partial charge in [0.05, 0.1) is 11.6 Å². The highest BCUT2D eigenvalue weighted by atomic mass is 16.4. The Hall–Kier alpha value is -2.36. The van der Waals surface area contributed by atoms with Crippen LogP contribution in [0.25, 0.3) is 11.9 Å². The molecule has 2 aromatic rings. The number of fused-ring (bicyclic) bond motifs is 1. The van der Waals surface area contributed by atoms with Gasteiger partial charge in [-0.2, -0.15) is 0 Å². The molecule has 1 N–H and O–H groups in total. The van der Waals surface area contributed by atoms with E-state index < -0.39 is 11.9 Å². The number of carboxylic acids is 1. The van der Waals surface area contributed by atoms with E-state index in [9.17, 15) is 9.90 Å². The average Bonchev–Trinajstić information content (AvgIpc) is 2.83. The lowest BCUT2D eigenvalue weighted by atomic mass is 9.91. The molecule has 1 atom stereocenters. The molecule has 4 heteroatoms. The van der Waals surface area contributed by atoms with Crippen LogP contribution >= 0.6 is 0 Å². The van der Waals surface area contributed by atoms with Crippen molar-refractivity contribution in [3.05, 3.63) is 54.0 Å². The summed E-state index contributed by atoms with van der Waals surface area (Å²) in [6.07, 6.45) is 8.01. The molecule has 2 heterocycles. The van der Waals surface area contributed by atoms with Gasteiger partial charge in [0.15, 0.2) is 0 Å². The van der Waals surface area contributed by atoms with E-state index in [2.05, 4.69) is 4.98 Å². The van der Waals surface area contributed by atoms with Gasteiger partial charge in [0.1, 0.15) is 5.82 Å². The van der Waals surface area contributed by atoms with E-state index in [1.807, 2.05) is 47.2 Å². The van der Waals surface area contributed by atoms with Gasteiger partial charge in [-0.15, -0.1) is 0 Å². The number of rotatable bonds is 2. The van der Waals surface area contributed by atoms with Gasteiger partial charge in [0.25, 0.3) is 0 Å². The van der Waals surface area contributed by atoms with E-state index in [-0.39, 0.29) is 0 Å². The number of aromatic nitrogens is 2. The summed E-state index contributed by atoms with van der Waals surface area (Å²) in [5.41, 5.74) is 1.77. The molecule has 0 amide bonds. The van der Waals surface area contributed by atoms with Crippen molar-refractivity contribution in [3.8, 4) is 5.82 Å². The molecule has 0 saturated carbocycles. The Kier molecular flexibility index (Phi) is 2.48. The fourth-order valence-corrected chi connectivity index (χ4v) is 2.30. The molecule has 4 nitrogen and oxygen atoms in total. The third-order valence-corrected chi connectivity index (χ3v) is 3.18. The van der Waals surface area contributed by atoms with Gasteiger partial charge in [-0.1, -0.05) is 12.1 Å². The smallest absolute Gasteiger partial charge is 0.311 e. The second-order valence-electron chi connectivity index (χ2n) is 4.24. The van der Waals surface area contributed by atoms with Crippen LogP contribution in [-0.2, 0) is 4.79 Å². The highest BCUT2D eigenvalue weighted by Crippen LogP contribution is 2.31. The van der Waals surface area contributed by atoms with Crippen LogP contribution in [-0.4, -0.2) is 20.6 Å². The van der Waals surface area contributed by atoms with Gasteiger partial charge in [-0.05, 0) is 36.3 Å². The summed E-state index contributed by atoms with van der Waals surface area (Å²) in [6, 6.07) is 7.54. The summed E-state index contributed by atoms with van der Waals surface area (Å²) in [4.78, 5) is 15.5. The van der Waals surface area contributed by atoms with Crippen molar-refractivity contribution in [2.45, 2.75) is 12.3 Å². The van der Waals surface area contributed by atoms with Crippen molar-refractivity contribution < 1.29 is 9.90 Å². The van der Waals surface area contributed by atoms with E-state index in [1.54, 1.807) is 6.20 Å². The quantitative estimate of drug-likeness (QED) is 0.877. The number of allylic oxidation sites excluding steroid dienone is 1. The molecular formula is C14H12N2O2. The molecular weight excluding hydrogens is 228 g/mol. The molecule has 1 unspecified atom stereocenters. The van der Waals surface area contributed by atoms with E-state index in [4.69, 9.17) is 0 Å². The van der Waals surface area contributed by atoms with Gasteiger partial charge in [0.2, 0.25) is 0 Å². The Morgan fingerprint density at radius 2 is 2.28 bits per heavy atom. The number of hydrogen-bond acceptors (Lipinski definition) is 2. The average molecular weight is 240 g/mol. The van der Waals surface area contributed by atoms with Gasteiger partial charge in [-0.3, -0.25) is 4.79 Å². The Morgan fingerprint density at radius 1 is 1.39 bits per heavy atom. The minimum atomic E-state index is -0.778. The maximum absolute atomic E-state index is 11.2. The third-order valence-electron chi connectivity index (χ3n) is 3.18. The first-order valence-corrected chi connectivity index (χ1v) is 5.79. The molecule has 0 aromatic carbocycles. The Bertz CT molecular complexity index is 614. The van der Waals surface area contributed by atoms with E-state index in [0.29, 0.717) is 6.42 Å². The maximum Gasteiger partial charge on any atom is 0.311 e. The lowest BCUT2D eigenvalue weighted by molar-refractivity contribution is -0.138. The normalized spacial score (nSPS) is 17.4. The molecule has 3 rings (SSSR count). The zero-order valence-corrected chi connectivity index (χ0v) is 9.65. The van der Waals surface area contributed by atoms with Gasteiger partial charge >= 0.3 is 5.97 Å². The molecule has 18 heavy (non-hydrogen) atoms. The largest absolute Gasteiger partial charge is 0.481 e. The molecule has 0 spiro atoms. The monoisotopic (exact) mass is 240 g/mol. The van der Waals surface area contributed by atoms with Gasteiger partial charge in [0, 0.05) is 12.4 Å². The summed E-state index contributed by atoms with van der Waals surface area (Å²) in [6.45, 7) is 0. The summed E-state index contributed by atoms with van der Waals surface area (Å²) >= 11 is 0. The van der Waals surface area contributed by atoms with Crippen LogP contribution in [0.2, 0.25) is 0 Å². The number of aliphatic carboxylic acids is 1. The number of hydrogen-bond donors (Lipinski definition) is 1. The van der Waals surface area contributed by atoms with Crippen molar-refractivity contribution in [1.82, 2.24) is 9.55 Å². The Labute approximate surface area is 104 Å². The lowest BCUT2D eigenvalue weighted by Gasteiger charge is -2.16. The van der Waals surface area contributed by atoms with Crippen molar-refractivity contribution >= 4 is 12.0 Å². The van der Waals surface area contributed by atoms with Crippen molar-refractivity contribution in [1.29, 1.82) is 0 Å². The lowest BCUT2D eigenvalue weighted by Crippen LogP contribution is -2.14. The van der Waals surface area contributed by atoms with Crippen LogP contribution in [0, 0.1) is 0 Å². The second-order valence-corrected chi connectivity index (χ2v) is 4.24. The molecule has 0 fully saturated rings. The summed E-state index contributed by atoms with van der Waals surface area (Å²) in [5, 5.41) is 9.21. The van der Waals surface area contributed by atoms with Crippen molar-refractivity contribution in [2.24, 2.45) is 0 Å². The summed E-state index contributed by atoms with van der Waals surface area (Å²) in [5.74, 6) is -0.427. The molecule has 1 aliphatic carbocycles. The summed E-state index contributed by atoms with van der Waals surface area (Å²) in [7, 11) is 0. The van der Waals surface area contributed by atoms with Crippen molar-refractivity contribution in [2.75, 3.05) is 0 Å². The van der Waals surface area contributed by atoms with Gasteiger partial charge < -0.3 is 9.67 Å². The predicted molar refractivity (Wildman–Crippen MR) is 67.6 cm³/mol. The van der Waals surface area contributed by atoms with Crippen LogP contribution in [0.5, 0.6) is 0 Å². The molecule has 90 valence electrons. The minimum absolute atomic E-state index is 0.449. The van der Waals surface area contributed by atoms with E-state index in [1.165, 1.54) is 0 Å². The van der Waals surface area contributed by atoms with Crippen LogP contribution in [0.1, 0.15) is 23.6 Å². The molecule has 1 aliphatic rings. The van der Waals surface area contributed by atoms with E-state index in [0.717, 1.165) is 17.1 Å². The zero-order chi connectivity index (χ0) is 12.5. The second kappa shape index (κ2) is 4.14. The van der Waals surface area contributed by atoms with Crippen LogP contribution in [0.3, 0.4) is 0 Å². The first-order chi connectivity index (χ1) is 8.77. The van der Waals surface area contributed by atoms with Crippen molar-refractivity contribution in [3.63, 3.8) is 0 Å². The number of carboxylic acid groups (broad SMARTS) is 1. The standard InChI is InChI=1S/C14H12N2O2/c17-14(18)11-4-3-5-12-10(11)7-9-16(12)13-6-1-2-8-15-13/h1-3,5-9,11H,4H2,(H,17,18). The zero-order valence-electron chi connectivity index (χ0n) is 9.65. The third kappa shape index (κ3) is 1.62. The molecule has 0 aliphatic heterocycles. The molecule has 0 saturated heterocycles. The molecule has 0 bridgehead atoms. The topological polar surface area (TPSA) is 55.1 Å². The highest BCUT2D eigenvalue weighted by Gasteiger charge is 2.26. The minimum Gasteiger partial charge on any atom is -0.481 e. The van der Waals surface area contributed by atoms with Crippen LogP contribution < -0.4 is 0 Å². The van der Waals surface area contributed by atoms with E-state index >= 15 is 0 Å². The van der Waals surface area contributed by atoms with Crippen LogP contribution in [0.4, 0.5) is 0 Å². The van der Waals surface area contributed by atoms with Gasteiger partial charge in [-0.25, -0.2) is 4.98 Å². The number of pyridine rings is 1. The molecule has 0 radical (unpaired) electrons. The van der Waals surface area contributed by atoms with Crippen LogP contribution in [0.15, 0.2) is 42.7 Å². The first kappa shape index (κ1) is 10.8.